The van der Waals surface area contributed by atoms with Crippen molar-refractivity contribution in [2.24, 2.45) is 0 Å². The number of ether oxygens (including phenoxy) is 2. The fourth-order valence-corrected chi connectivity index (χ4v) is 3.66. The van der Waals surface area contributed by atoms with E-state index < -0.39 is 21.8 Å². The van der Waals surface area contributed by atoms with Gasteiger partial charge >= 0.3 is 0 Å². The summed E-state index contributed by atoms with van der Waals surface area (Å²) < 4.78 is 43.0. The minimum Gasteiger partial charge on any atom is -0.490 e. The number of para-hydroxylation sites is 2. The smallest absolute Gasteiger partial charge is 0.276 e. The van der Waals surface area contributed by atoms with Gasteiger partial charge in [-0.1, -0.05) is 12.1 Å². The van der Waals surface area contributed by atoms with Crippen LogP contribution in [0.1, 0.15) is 23.0 Å². The molecule has 33 heavy (non-hydrogen) atoms. The summed E-state index contributed by atoms with van der Waals surface area (Å²) in [4.78, 5) is 24.2. The van der Waals surface area contributed by atoms with Crippen molar-refractivity contribution in [1.29, 1.82) is 0 Å². The highest BCUT2D eigenvalue weighted by molar-refractivity contribution is 7.89. The Morgan fingerprint density at radius 1 is 0.909 bits per heavy atom. The maximum absolute atomic E-state index is 12.3. The molecule has 0 aliphatic rings. The van der Waals surface area contributed by atoms with Crippen molar-refractivity contribution in [2.75, 3.05) is 13.2 Å². The third-order valence-corrected chi connectivity index (χ3v) is 5.68. The van der Waals surface area contributed by atoms with Gasteiger partial charge in [0, 0.05) is 5.56 Å². The number of amides is 2. The topological polar surface area (TPSA) is 136 Å². The number of rotatable bonds is 10. The van der Waals surface area contributed by atoms with E-state index in [4.69, 9.17) is 13.9 Å². The molecule has 0 saturated heterocycles. The number of hydrogen-bond donors (Lipinski definition) is 3. The van der Waals surface area contributed by atoms with E-state index in [1.54, 1.807) is 36.4 Å². The first-order valence-electron chi connectivity index (χ1n) is 9.95. The fraction of sp³-hybridized carbons (Fsp3) is 0.182. The molecule has 11 heteroatoms. The maximum atomic E-state index is 12.3. The van der Waals surface area contributed by atoms with E-state index in [-0.39, 0.29) is 23.6 Å². The van der Waals surface area contributed by atoms with Crippen molar-refractivity contribution < 1.29 is 31.9 Å². The number of sulfonamides is 1. The highest BCUT2D eigenvalue weighted by Gasteiger charge is 2.16. The Kier molecular flexibility index (Phi) is 8.06. The molecule has 3 aromatic rings. The predicted octanol–water partition coefficient (Wildman–Crippen LogP) is 2.00. The Labute approximate surface area is 190 Å². The zero-order valence-electron chi connectivity index (χ0n) is 17.7. The van der Waals surface area contributed by atoms with E-state index in [0.717, 1.165) is 0 Å². The molecule has 10 nitrogen and oxygen atoms in total. The molecule has 2 amide bonds. The van der Waals surface area contributed by atoms with Gasteiger partial charge in [0.25, 0.3) is 11.8 Å². The Morgan fingerprint density at radius 3 is 2.24 bits per heavy atom. The normalized spacial score (nSPS) is 10.9. The van der Waals surface area contributed by atoms with Crippen molar-refractivity contribution >= 4 is 21.8 Å². The maximum Gasteiger partial charge on any atom is 0.276 e. The molecule has 3 rings (SSSR count). The Bertz CT molecular complexity index is 1180. The molecular formula is C22H23N3O7S. The average molecular weight is 474 g/mol. The van der Waals surface area contributed by atoms with Gasteiger partial charge in [0.2, 0.25) is 10.0 Å². The lowest BCUT2D eigenvalue weighted by Gasteiger charge is -2.12. The second-order valence-corrected chi connectivity index (χ2v) is 8.37. The molecule has 0 aliphatic carbocycles. The molecule has 174 valence electrons. The second-order valence-electron chi connectivity index (χ2n) is 6.60. The van der Waals surface area contributed by atoms with Crippen molar-refractivity contribution in [3.8, 4) is 11.5 Å². The van der Waals surface area contributed by atoms with Gasteiger partial charge in [-0.3, -0.25) is 20.4 Å². The fourth-order valence-electron chi connectivity index (χ4n) is 2.67. The van der Waals surface area contributed by atoms with Crippen molar-refractivity contribution in [2.45, 2.75) is 18.4 Å². The number of carbonyl (C=O) groups excluding carboxylic acids is 2. The zero-order chi connectivity index (χ0) is 23.7. The van der Waals surface area contributed by atoms with Crippen molar-refractivity contribution in [3.63, 3.8) is 0 Å². The van der Waals surface area contributed by atoms with Crippen LogP contribution in [0.15, 0.2) is 76.2 Å². The van der Waals surface area contributed by atoms with E-state index >= 15 is 0 Å². The van der Waals surface area contributed by atoms with Crippen LogP contribution < -0.4 is 25.0 Å². The lowest BCUT2D eigenvalue weighted by molar-refractivity contribution is -0.123. The number of hydrazine groups is 1. The summed E-state index contributed by atoms with van der Waals surface area (Å²) in [6, 6.07) is 15.4. The number of hydrogen-bond acceptors (Lipinski definition) is 7. The molecule has 0 radical (unpaired) electrons. The third kappa shape index (κ3) is 6.82. The van der Waals surface area contributed by atoms with Gasteiger partial charge in [-0.15, -0.1) is 0 Å². The number of nitrogens with one attached hydrogen (secondary N) is 3. The molecule has 0 fully saturated rings. The predicted molar refractivity (Wildman–Crippen MR) is 118 cm³/mol. The molecule has 0 saturated carbocycles. The van der Waals surface area contributed by atoms with Crippen LogP contribution in [0.4, 0.5) is 0 Å². The highest BCUT2D eigenvalue weighted by atomic mass is 32.2. The number of benzene rings is 2. The molecule has 0 aliphatic heterocycles. The van der Waals surface area contributed by atoms with Crippen LogP contribution in [-0.4, -0.2) is 33.4 Å². The first-order chi connectivity index (χ1) is 15.9. The Balaban J connectivity index is 1.48. The SMILES string of the molecule is CCOc1ccccc1OCC(=O)NNC(=O)c1ccc(S(=O)(=O)NCc2ccco2)cc1. The van der Waals surface area contributed by atoms with E-state index in [1.165, 1.54) is 30.5 Å². The van der Waals surface area contributed by atoms with Crippen LogP contribution in [-0.2, 0) is 21.4 Å². The van der Waals surface area contributed by atoms with E-state index in [2.05, 4.69) is 15.6 Å². The van der Waals surface area contributed by atoms with Crippen LogP contribution >= 0.6 is 0 Å². The van der Waals surface area contributed by atoms with Crippen LogP contribution in [0.25, 0.3) is 0 Å². The number of carbonyl (C=O) groups is 2. The van der Waals surface area contributed by atoms with Crippen LogP contribution in [0.5, 0.6) is 11.5 Å². The quantitative estimate of drug-likeness (QED) is 0.383. The molecule has 2 aromatic carbocycles. The van der Waals surface area contributed by atoms with Crippen LogP contribution in [0.2, 0.25) is 0 Å². The summed E-state index contributed by atoms with van der Waals surface area (Å²) in [6.07, 6.45) is 1.45. The van der Waals surface area contributed by atoms with Crippen LogP contribution in [0, 0.1) is 0 Å². The molecule has 0 bridgehead atoms. The molecule has 1 heterocycles. The van der Waals surface area contributed by atoms with Gasteiger partial charge in [-0.2, -0.15) is 0 Å². The largest absolute Gasteiger partial charge is 0.490 e. The Hall–Kier alpha value is -3.83. The summed E-state index contributed by atoms with van der Waals surface area (Å²) in [5, 5.41) is 0. The molecule has 1 aromatic heterocycles. The zero-order valence-corrected chi connectivity index (χ0v) is 18.6. The van der Waals surface area contributed by atoms with Gasteiger partial charge < -0.3 is 13.9 Å². The average Bonchev–Trinajstić information content (AvgIpc) is 3.35. The van der Waals surface area contributed by atoms with Gasteiger partial charge in [0.05, 0.1) is 24.3 Å². The molecule has 0 spiro atoms. The standard InChI is InChI=1S/C22H23N3O7S/c1-2-30-19-7-3-4-8-20(19)32-15-21(26)24-25-22(27)16-9-11-18(12-10-16)33(28,29)23-14-17-6-5-13-31-17/h3-13,23H,2,14-15H2,1H3,(H,24,26)(H,25,27). The first-order valence-corrected chi connectivity index (χ1v) is 11.4. The van der Waals surface area contributed by atoms with E-state index in [9.17, 15) is 18.0 Å². The van der Waals surface area contributed by atoms with Gasteiger partial charge in [0.15, 0.2) is 18.1 Å². The molecule has 3 N–H and O–H groups in total. The lowest BCUT2D eigenvalue weighted by Crippen LogP contribution is -2.43. The van der Waals surface area contributed by atoms with Gasteiger partial charge in [-0.25, -0.2) is 13.1 Å². The van der Waals surface area contributed by atoms with Crippen LogP contribution in [0.3, 0.4) is 0 Å². The van der Waals surface area contributed by atoms with Gasteiger partial charge in [0.1, 0.15) is 5.76 Å². The van der Waals surface area contributed by atoms with E-state index in [0.29, 0.717) is 23.9 Å². The third-order valence-electron chi connectivity index (χ3n) is 4.27. The molecular weight excluding hydrogens is 450 g/mol. The second kappa shape index (κ2) is 11.2. The summed E-state index contributed by atoms with van der Waals surface area (Å²) in [5.74, 6) is 0.168. The van der Waals surface area contributed by atoms with Crippen molar-refractivity contribution in [1.82, 2.24) is 15.6 Å². The molecule has 0 atom stereocenters. The summed E-state index contributed by atoms with van der Waals surface area (Å²) >= 11 is 0. The monoisotopic (exact) mass is 473 g/mol. The molecule has 0 unspecified atom stereocenters. The summed E-state index contributed by atoms with van der Waals surface area (Å²) in [7, 11) is -3.78. The summed E-state index contributed by atoms with van der Waals surface area (Å²) in [5.41, 5.74) is 4.64. The number of furan rings is 1. The summed E-state index contributed by atoms with van der Waals surface area (Å²) in [6.45, 7) is 1.94. The lowest BCUT2D eigenvalue weighted by atomic mass is 10.2. The minimum absolute atomic E-state index is 0.000712. The van der Waals surface area contributed by atoms with Gasteiger partial charge in [-0.05, 0) is 55.5 Å². The van der Waals surface area contributed by atoms with Crippen molar-refractivity contribution in [3.05, 3.63) is 78.3 Å². The first kappa shape index (κ1) is 23.8. The van der Waals surface area contributed by atoms with E-state index in [1.807, 2.05) is 6.92 Å². The highest BCUT2D eigenvalue weighted by Crippen LogP contribution is 2.26. The Morgan fingerprint density at radius 2 is 1.61 bits per heavy atom. The minimum atomic E-state index is -3.78.